The predicted octanol–water partition coefficient (Wildman–Crippen LogP) is 9.92. The molecule has 38 heavy (non-hydrogen) atoms. The first-order valence-electron chi connectivity index (χ1n) is 12.3. The van der Waals surface area contributed by atoms with Crippen molar-refractivity contribution in [3.05, 3.63) is 139 Å². The van der Waals surface area contributed by atoms with Crippen LogP contribution in [0.2, 0.25) is 0 Å². The van der Waals surface area contributed by atoms with Gasteiger partial charge in [0.05, 0.1) is 5.56 Å². The maximum absolute atomic E-state index is 12.9. The van der Waals surface area contributed by atoms with Gasteiger partial charge in [0, 0.05) is 12.4 Å². The van der Waals surface area contributed by atoms with Crippen molar-refractivity contribution in [2.75, 3.05) is 0 Å². The molecule has 4 heteroatoms. The minimum atomic E-state index is -4.33. The molecule has 5 aromatic carbocycles. The highest BCUT2D eigenvalue weighted by atomic mass is 19.4. The van der Waals surface area contributed by atoms with Crippen LogP contribution in [-0.4, -0.2) is 4.98 Å². The Balaban J connectivity index is 1.23. The van der Waals surface area contributed by atoms with E-state index in [0.29, 0.717) is 0 Å². The fourth-order valence-electron chi connectivity index (χ4n) is 4.71. The summed E-state index contributed by atoms with van der Waals surface area (Å²) in [4.78, 5) is 4.08. The van der Waals surface area contributed by atoms with E-state index in [1.165, 1.54) is 12.1 Å². The topological polar surface area (TPSA) is 12.9 Å². The summed E-state index contributed by atoms with van der Waals surface area (Å²) in [5, 5.41) is 2.30. The molecule has 0 bridgehead atoms. The number of alkyl halides is 3. The zero-order valence-electron chi connectivity index (χ0n) is 20.3. The number of halogens is 3. The number of aromatic nitrogens is 1. The molecule has 0 unspecified atom stereocenters. The minimum absolute atomic E-state index is 0.640. The Morgan fingerprint density at radius 2 is 0.684 bits per heavy atom. The van der Waals surface area contributed by atoms with E-state index in [0.717, 1.165) is 67.4 Å². The Hall–Kier alpha value is -4.70. The van der Waals surface area contributed by atoms with Gasteiger partial charge in [-0.15, -0.1) is 0 Å². The highest BCUT2D eigenvalue weighted by Crippen LogP contribution is 2.33. The van der Waals surface area contributed by atoms with Crippen LogP contribution < -0.4 is 0 Å². The van der Waals surface area contributed by atoms with Crippen LogP contribution in [0.25, 0.3) is 55.3 Å². The van der Waals surface area contributed by atoms with Crippen molar-refractivity contribution in [2.45, 2.75) is 6.18 Å². The number of nitrogens with zero attached hydrogens (tertiary/aromatic N) is 1. The molecule has 0 atom stereocenters. The maximum atomic E-state index is 12.9. The lowest BCUT2D eigenvalue weighted by molar-refractivity contribution is -0.137. The fraction of sp³-hybridized carbons (Fsp3) is 0.0294. The monoisotopic (exact) mass is 501 g/mol. The minimum Gasteiger partial charge on any atom is -0.265 e. The van der Waals surface area contributed by atoms with Gasteiger partial charge in [0.2, 0.25) is 0 Å². The lowest BCUT2D eigenvalue weighted by atomic mass is 9.95. The van der Waals surface area contributed by atoms with E-state index in [1.54, 1.807) is 12.4 Å². The number of fused-ring (bicyclic) bond motifs is 1. The van der Waals surface area contributed by atoms with Gasteiger partial charge in [-0.05, 0) is 91.7 Å². The third kappa shape index (κ3) is 4.81. The van der Waals surface area contributed by atoms with Gasteiger partial charge >= 0.3 is 6.18 Å². The number of rotatable bonds is 4. The Morgan fingerprint density at radius 1 is 0.368 bits per heavy atom. The SMILES string of the molecule is FC(F)(F)c1ccc(-c2ccc(-c3ccc4cc(-c5ccc(-c6ccncc6)cc5)ccc4c3)cc2)cc1. The Kier molecular flexibility index (Phi) is 6.01. The second kappa shape index (κ2) is 9.64. The summed E-state index contributed by atoms with van der Waals surface area (Å²) in [6.45, 7) is 0. The van der Waals surface area contributed by atoms with Crippen molar-refractivity contribution in [3.8, 4) is 44.5 Å². The first-order valence-corrected chi connectivity index (χ1v) is 12.3. The molecule has 1 aromatic heterocycles. The number of hydrogen-bond acceptors (Lipinski definition) is 1. The first kappa shape index (κ1) is 23.7. The predicted molar refractivity (Wildman–Crippen MR) is 148 cm³/mol. The number of hydrogen-bond donors (Lipinski definition) is 0. The van der Waals surface area contributed by atoms with Crippen LogP contribution in [0.5, 0.6) is 0 Å². The Morgan fingerprint density at radius 3 is 1.08 bits per heavy atom. The molecule has 0 spiro atoms. The maximum Gasteiger partial charge on any atom is 0.416 e. The molecule has 0 fully saturated rings. The molecule has 0 aliphatic carbocycles. The van der Waals surface area contributed by atoms with Gasteiger partial charge in [0.15, 0.2) is 0 Å². The second-order valence-electron chi connectivity index (χ2n) is 9.24. The Bertz CT molecular complexity index is 1700. The quantitative estimate of drug-likeness (QED) is 0.234. The van der Waals surface area contributed by atoms with Gasteiger partial charge in [-0.3, -0.25) is 4.98 Å². The van der Waals surface area contributed by atoms with Crippen LogP contribution >= 0.6 is 0 Å². The molecule has 0 radical (unpaired) electrons. The summed E-state index contributed by atoms with van der Waals surface area (Å²) in [5.74, 6) is 0. The third-order valence-corrected chi connectivity index (χ3v) is 6.84. The third-order valence-electron chi connectivity index (χ3n) is 6.84. The molecular formula is C34H22F3N. The molecule has 0 aliphatic heterocycles. The molecule has 0 saturated carbocycles. The van der Waals surface area contributed by atoms with Crippen molar-refractivity contribution in [1.29, 1.82) is 0 Å². The van der Waals surface area contributed by atoms with Crippen LogP contribution in [-0.2, 0) is 6.18 Å². The highest BCUT2D eigenvalue weighted by Gasteiger charge is 2.29. The van der Waals surface area contributed by atoms with E-state index in [1.807, 2.05) is 36.4 Å². The summed E-state index contributed by atoms with van der Waals surface area (Å²) >= 11 is 0. The number of benzene rings is 5. The normalized spacial score (nSPS) is 11.6. The zero-order valence-corrected chi connectivity index (χ0v) is 20.3. The Labute approximate surface area is 218 Å². The fourth-order valence-corrected chi connectivity index (χ4v) is 4.71. The van der Waals surface area contributed by atoms with Crippen LogP contribution in [0.3, 0.4) is 0 Å². The van der Waals surface area contributed by atoms with Crippen molar-refractivity contribution in [2.24, 2.45) is 0 Å². The highest BCUT2D eigenvalue weighted by molar-refractivity contribution is 5.91. The van der Waals surface area contributed by atoms with E-state index < -0.39 is 11.7 Å². The van der Waals surface area contributed by atoms with Crippen molar-refractivity contribution in [1.82, 2.24) is 4.98 Å². The molecular weight excluding hydrogens is 479 g/mol. The summed E-state index contributed by atoms with van der Waals surface area (Å²) in [6.07, 6.45) is -0.729. The van der Waals surface area contributed by atoms with Crippen molar-refractivity contribution in [3.63, 3.8) is 0 Å². The molecule has 0 aliphatic rings. The molecule has 1 nitrogen and oxygen atoms in total. The van der Waals surface area contributed by atoms with Gasteiger partial charge in [0.1, 0.15) is 0 Å². The van der Waals surface area contributed by atoms with Crippen LogP contribution in [0.4, 0.5) is 13.2 Å². The average molecular weight is 502 g/mol. The largest absolute Gasteiger partial charge is 0.416 e. The van der Waals surface area contributed by atoms with E-state index in [2.05, 4.69) is 65.6 Å². The van der Waals surface area contributed by atoms with E-state index in [9.17, 15) is 13.2 Å². The summed E-state index contributed by atoms with van der Waals surface area (Å²) in [7, 11) is 0. The first-order chi connectivity index (χ1) is 18.4. The van der Waals surface area contributed by atoms with Gasteiger partial charge in [-0.2, -0.15) is 13.2 Å². The lowest BCUT2D eigenvalue weighted by Crippen LogP contribution is -2.03. The molecule has 0 N–H and O–H groups in total. The molecule has 1 heterocycles. The molecule has 6 rings (SSSR count). The zero-order chi connectivity index (χ0) is 26.1. The van der Waals surface area contributed by atoms with Gasteiger partial charge in [0.25, 0.3) is 0 Å². The molecule has 184 valence electrons. The lowest BCUT2D eigenvalue weighted by Gasteiger charge is -2.10. The second-order valence-corrected chi connectivity index (χ2v) is 9.24. The summed E-state index contributed by atoms with van der Waals surface area (Å²) in [5.41, 5.74) is 7.76. The van der Waals surface area contributed by atoms with E-state index in [-0.39, 0.29) is 0 Å². The van der Waals surface area contributed by atoms with Gasteiger partial charge in [-0.1, -0.05) is 84.9 Å². The average Bonchev–Trinajstić information content (AvgIpc) is 2.97. The summed E-state index contributed by atoms with van der Waals surface area (Å²) < 4.78 is 38.6. The molecule has 6 aromatic rings. The van der Waals surface area contributed by atoms with E-state index >= 15 is 0 Å². The van der Waals surface area contributed by atoms with Gasteiger partial charge in [-0.25, -0.2) is 0 Å². The van der Waals surface area contributed by atoms with Gasteiger partial charge < -0.3 is 0 Å². The van der Waals surface area contributed by atoms with Crippen molar-refractivity contribution >= 4 is 10.8 Å². The number of pyridine rings is 1. The van der Waals surface area contributed by atoms with Crippen LogP contribution in [0, 0.1) is 0 Å². The summed E-state index contributed by atoms with van der Waals surface area (Å²) in [6, 6.07) is 38.6. The smallest absolute Gasteiger partial charge is 0.265 e. The van der Waals surface area contributed by atoms with E-state index in [4.69, 9.17) is 0 Å². The molecule has 0 amide bonds. The van der Waals surface area contributed by atoms with Crippen LogP contribution in [0.15, 0.2) is 134 Å². The molecule has 0 saturated heterocycles. The standard InChI is InChI=1S/C34H22F3N/c35-34(36,37)33-15-13-25(14-16-33)23-1-5-26(6-2-23)29-9-11-32-22-30(10-12-31(32)21-29)27-7-3-24(4-8-27)28-17-19-38-20-18-28/h1-22H. The van der Waals surface area contributed by atoms with Crippen molar-refractivity contribution < 1.29 is 13.2 Å². The van der Waals surface area contributed by atoms with Crippen LogP contribution in [0.1, 0.15) is 5.56 Å².